The highest BCUT2D eigenvalue weighted by atomic mass is 16.5. The third-order valence-electron chi connectivity index (χ3n) is 15.2. The summed E-state index contributed by atoms with van der Waals surface area (Å²) in [6.07, 6.45) is 5.74. The van der Waals surface area contributed by atoms with Crippen LogP contribution in [0.5, 0.6) is 11.5 Å². The van der Waals surface area contributed by atoms with Crippen LogP contribution in [0.4, 0.5) is 17.1 Å². The van der Waals surface area contributed by atoms with E-state index in [2.05, 4.69) is 263 Å². The van der Waals surface area contributed by atoms with Crippen LogP contribution in [0.2, 0.25) is 0 Å². The molecule has 0 saturated heterocycles. The van der Waals surface area contributed by atoms with E-state index >= 15 is 0 Å². The van der Waals surface area contributed by atoms with Gasteiger partial charge in [0.1, 0.15) is 11.5 Å². The number of fused-ring (bicyclic) bond motifs is 4. The van der Waals surface area contributed by atoms with Gasteiger partial charge in [-0.1, -0.05) is 241 Å². The summed E-state index contributed by atoms with van der Waals surface area (Å²) in [4.78, 5) is 2.64. The van der Waals surface area contributed by atoms with Crippen LogP contribution in [0.25, 0.3) is 66.8 Å². The standard InChI is InChI=1S/C70H60BNO/c1-5-6-7-12-21-48-42-65-68-67(43-48)73-66-41-39-58(52-28-19-11-20-29-52)45-63(66)71(68)62-44-57(51-26-17-10-18-27-51)38-40-64(62)72(65)69-60(55-34-30-53(31-35-55)49-22-13-8-14-23-49)46-59(70(2,3)4)47-61(69)56-36-32-54(33-37-56)50-24-15-9-16-25-50/h8-11,13-20,22-47H,5-7,12,21H2,1-4H3. The van der Waals surface area contributed by atoms with Crippen molar-refractivity contribution >= 4 is 40.2 Å². The molecule has 0 fully saturated rings. The molecule has 0 bridgehead atoms. The monoisotopic (exact) mass is 941 g/mol. The van der Waals surface area contributed by atoms with Gasteiger partial charge in [0.15, 0.2) is 0 Å². The molecular formula is C70H60BNO. The zero-order chi connectivity index (χ0) is 49.5. The van der Waals surface area contributed by atoms with Crippen LogP contribution < -0.4 is 26.0 Å². The normalized spacial score (nSPS) is 12.4. The summed E-state index contributed by atoms with van der Waals surface area (Å²) >= 11 is 0. The molecule has 0 spiro atoms. The molecule has 354 valence electrons. The van der Waals surface area contributed by atoms with Gasteiger partial charge in [-0.3, -0.25) is 0 Å². The van der Waals surface area contributed by atoms with E-state index in [-0.39, 0.29) is 12.1 Å². The molecule has 12 rings (SSSR count). The first kappa shape index (κ1) is 46.0. The van der Waals surface area contributed by atoms with E-state index < -0.39 is 0 Å². The molecule has 10 aromatic carbocycles. The zero-order valence-corrected chi connectivity index (χ0v) is 42.4. The maximum absolute atomic E-state index is 7.27. The van der Waals surface area contributed by atoms with Gasteiger partial charge < -0.3 is 9.64 Å². The van der Waals surface area contributed by atoms with Gasteiger partial charge in [0.25, 0.3) is 6.71 Å². The van der Waals surface area contributed by atoms with Crippen molar-refractivity contribution in [2.75, 3.05) is 4.90 Å². The molecule has 0 aliphatic carbocycles. The van der Waals surface area contributed by atoms with Crippen molar-refractivity contribution in [1.82, 2.24) is 0 Å². The second-order valence-corrected chi connectivity index (χ2v) is 21.0. The van der Waals surface area contributed by atoms with Gasteiger partial charge in [-0.15, -0.1) is 0 Å². The summed E-state index contributed by atoms with van der Waals surface area (Å²) in [5.74, 6) is 1.87. The second kappa shape index (κ2) is 19.5. The van der Waals surface area contributed by atoms with Gasteiger partial charge in [-0.25, -0.2) is 0 Å². The molecule has 0 N–H and O–H groups in total. The van der Waals surface area contributed by atoms with E-state index in [1.54, 1.807) is 0 Å². The van der Waals surface area contributed by atoms with E-state index in [1.165, 1.54) is 125 Å². The molecule has 10 aromatic rings. The molecule has 2 aliphatic heterocycles. The van der Waals surface area contributed by atoms with Crippen LogP contribution >= 0.6 is 0 Å². The highest BCUT2D eigenvalue weighted by Crippen LogP contribution is 2.51. The van der Waals surface area contributed by atoms with Crippen molar-refractivity contribution in [2.45, 2.75) is 65.2 Å². The third kappa shape index (κ3) is 8.88. The molecule has 0 radical (unpaired) electrons. The van der Waals surface area contributed by atoms with E-state index in [9.17, 15) is 0 Å². The van der Waals surface area contributed by atoms with Crippen molar-refractivity contribution in [3.05, 3.63) is 242 Å². The van der Waals surface area contributed by atoms with Crippen LogP contribution in [0.1, 0.15) is 64.5 Å². The minimum absolute atomic E-state index is 0.0856. The minimum Gasteiger partial charge on any atom is -0.458 e. The van der Waals surface area contributed by atoms with Crippen LogP contribution in [0, 0.1) is 0 Å². The number of anilines is 3. The highest BCUT2D eigenvalue weighted by Gasteiger charge is 2.43. The molecule has 0 amide bonds. The lowest BCUT2D eigenvalue weighted by Crippen LogP contribution is -2.59. The third-order valence-corrected chi connectivity index (χ3v) is 15.2. The molecule has 73 heavy (non-hydrogen) atoms. The number of ether oxygens (including phenoxy) is 1. The summed E-state index contributed by atoms with van der Waals surface area (Å²) in [7, 11) is 0. The largest absolute Gasteiger partial charge is 0.458 e. The number of hydrogen-bond acceptors (Lipinski definition) is 2. The summed E-state index contributed by atoms with van der Waals surface area (Å²) in [6.45, 7) is 9.23. The Bertz CT molecular complexity index is 3480. The fourth-order valence-corrected chi connectivity index (χ4v) is 11.3. The molecular weight excluding hydrogens is 882 g/mol. The Kier molecular flexibility index (Phi) is 12.3. The molecule has 2 aliphatic rings. The second-order valence-electron chi connectivity index (χ2n) is 21.0. The fraction of sp³-hybridized carbons (Fsp3) is 0.143. The first-order chi connectivity index (χ1) is 35.8. The molecule has 3 heteroatoms. The number of hydrogen-bond donors (Lipinski definition) is 0. The van der Waals surface area contributed by atoms with Gasteiger partial charge in [-0.05, 0) is 138 Å². The maximum atomic E-state index is 7.27. The minimum atomic E-state index is -0.142. The lowest BCUT2D eigenvalue weighted by molar-refractivity contribution is 0.486. The van der Waals surface area contributed by atoms with Crippen LogP contribution in [0.3, 0.4) is 0 Å². The SMILES string of the molecule is CCCCCCc1cc2c3c(c1)N(c1c(-c4ccc(-c5ccccc5)cc4)cc(C(C)(C)C)cc1-c1ccc(-c4ccccc4)cc1)c1ccc(-c4ccccc4)cc1B3c1cc(-c3ccccc3)ccc1O2. The molecule has 0 aromatic heterocycles. The Morgan fingerprint density at radius 3 is 1.36 bits per heavy atom. The average molecular weight is 942 g/mol. The molecule has 2 nitrogen and oxygen atoms in total. The summed E-state index contributed by atoms with van der Waals surface area (Å²) in [5.41, 5.74) is 23.9. The molecule has 2 heterocycles. The smallest absolute Gasteiger partial charge is 0.256 e. The van der Waals surface area contributed by atoms with Crippen molar-refractivity contribution in [1.29, 1.82) is 0 Å². The van der Waals surface area contributed by atoms with Gasteiger partial charge in [0, 0.05) is 22.5 Å². The quantitative estimate of drug-likeness (QED) is 0.0894. The predicted octanol–water partition coefficient (Wildman–Crippen LogP) is 17.5. The molecule has 0 unspecified atom stereocenters. The molecule has 0 atom stereocenters. The number of aryl methyl sites for hydroxylation is 1. The van der Waals surface area contributed by atoms with Crippen LogP contribution in [-0.4, -0.2) is 6.71 Å². The zero-order valence-electron chi connectivity index (χ0n) is 42.4. The lowest BCUT2D eigenvalue weighted by atomic mass is 9.34. The topological polar surface area (TPSA) is 12.5 Å². The first-order valence-electron chi connectivity index (χ1n) is 26.3. The van der Waals surface area contributed by atoms with E-state index in [1.807, 2.05) is 0 Å². The van der Waals surface area contributed by atoms with E-state index in [0.29, 0.717) is 0 Å². The van der Waals surface area contributed by atoms with Gasteiger partial charge in [0.2, 0.25) is 0 Å². The Labute approximate surface area is 432 Å². The Balaban J connectivity index is 1.16. The van der Waals surface area contributed by atoms with E-state index in [4.69, 9.17) is 4.74 Å². The van der Waals surface area contributed by atoms with Crippen LogP contribution in [-0.2, 0) is 11.8 Å². The van der Waals surface area contributed by atoms with Crippen molar-refractivity contribution in [2.24, 2.45) is 0 Å². The average Bonchev–Trinajstić information content (AvgIpc) is 3.44. The number of nitrogens with zero attached hydrogens (tertiary/aromatic N) is 1. The van der Waals surface area contributed by atoms with Gasteiger partial charge >= 0.3 is 0 Å². The Hall–Kier alpha value is -8.14. The van der Waals surface area contributed by atoms with Crippen LogP contribution in [0.15, 0.2) is 231 Å². The highest BCUT2D eigenvalue weighted by molar-refractivity contribution is 6.99. The summed E-state index contributed by atoms with van der Waals surface area (Å²) in [5, 5.41) is 0. The van der Waals surface area contributed by atoms with Gasteiger partial charge in [-0.2, -0.15) is 0 Å². The number of rotatable bonds is 12. The maximum Gasteiger partial charge on any atom is 0.256 e. The van der Waals surface area contributed by atoms with Crippen molar-refractivity contribution < 1.29 is 4.74 Å². The van der Waals surface area contributed by atoms with Crippen molar-refractivity contribution in [3.8, 4) is 78.3 Å². The lowest BCUT2D eigenvalue weighted by Gasteiger charge is -2.42. The first-order valence-corrected chi connectivity index (χ1v) is 26.3. The summed E-state index contributed by atoms with van der Waals surface area (Å²) in [6, 6.07) is 85.6. The Morgan fingerprint density at radius 2 is 0.849 bits per heavy atom. The van der Waals surface area contributed by atoms with Crippen molar-refractivity contribution in [3.63, 3.8) is 0 Å². The number of unbranched alkanes of at least 4 members (excludes halogenated alkanes) is 3. The van der Waals surface area contributed by atoms with E-state index in [0.717, 1.165) is 30.0 Å². The Morgan fingerprint density at radius 1 is 0.397 bits per heavy atom. The van der Waals surface area contributed by atoms with Gasteiger partial charge in [0.05, 0.1) is 5.69 Å². The number of benzene rings is 10. The molecule has 0 saturated carbocycles. The fourth-order valence-electron chi connectivity index (χ4n) is 11.3. The predicted molar refractivity (Wildman–Crippen MR) is 311 cm³/mol. The summed E-state index contributed by atoms with van der Waals surface area (Å²) < 4.78 is 7.27.